The molecule has 0 aliphatic rings. The average molecular weight is 336 g/mol. The lowest BCUT2D eigenvalue weighted by Crippen LogP contribution is -2.27. The Balaban J connectivity index is 1.93. The lowest BCUT2D eigenvalue weighted by Gasteiger charge is -2.30. The smallest absolute Gasteiger partial charge is 0.126 e. The zero-order valence-electron chi connectivity index (χ0n) is 14.2. The van der Waals surface area contributed by atoms with Crippen molar-refractivity contribution in [3.63, 3.8) is 0 Å². The minimum Gasteiger partial charge on any atom is -0.488 e. The maximum atomic E-state index is 13.3. The monoisotopic (exact) mass is 336 g/mol. The maximum absolute atomic E-state index is 13.3. The Morgan fingerprint density at radius 1 is 0.880 bits per heavy atom. The van der Waals surface area contributed by atoms with Crippen LogP contribution >= 0.6 is 0 Å². The first-order valence-corrected chi connectivity index (χ1v) is 8.38. The van der Waals surface area contributed by atoms with Crippen LogP contribution in [0.3, 0.4) is 0 Å². The molecule has 2 nitrogen and oxygen atoms in total. The minimum atomic E-state index is -1.24. The predicted molar refractivity (Wildman–Crippen MR) is 96.9 cm³/mol. The summed E-state index contributed by atoms with van der Waals surface area (Å²) < 4.78 is 19.2. The molecule has 1 atom stereocenters. The van der Waals surface area contributed by atoms with Gasteiger partial charge in [-0.25, -0.2) is 4.39 Å². The van der Waals surface area contributed by atoms with E-state index in [0.29, 0.717) is 29.9 Å². The minimum absolute atomic E-state index is 0.323. The van der Waals surface area contributed by atoms with Gasteiger partial charge in [-0.1, -0.05) is 67.6 Å². The lowest BCUT2D eigenvalue weighted by atomic mass is 9.83. The molecule has 1 N–H and O–H groups in total. The van der Waals surface area contributed by atoms with Crippen molar-refractivity contribution in [3.05, 3.63) is 101 Å². The Hall–Kier alpha value is -2.65. The number of halogens is 1. The van der Waals surface area contributed by atoms with E-state index in [0.717, 1.165) is 5.56 Å². The van der Waals surface area contributed by atoms with Crippen molar-refractivity contribution in [2.45, 2.75) is 25.6 Å². The molecule has 0 heterocycles. The molecule has 1 unspecified atom stereocenters. The second kappa shape index (κ2) is 7.49. The molecule has 25 heavy (non-hydrogen) atoms. The molecule has 128 valence electrons. The molecule has 0 aliphatic heterocycles. The number of rotatable bonds is 6. The van der Waals surface area contributed by atoms with Gasteiger partial charge in [0.15, 0.2) is 0 Å². The molecule has 0 aliphatic carbocycles. The van der Waals surface area contributed by atoms with E-state index in [1.807, 2.05) is 61.5 Å². The highest BCUT2D eigenvalue weighted by molar-refractivity contribution is 5.44. The Morgan fingerprint density at radius 3 is 2.20 bits per heavy atom. The van der Waals surface area contributed by atoms with Crippen molar-refractivity contribution < 1.29 is 14.2 Å². The number of hydrogen-bond acceptors (Lipinski definition) is 2. The van der Waals surface area contributed by atoms with Gasteiger partial charge in [0.25, 0.3) is 0 Å². The van der Waals surface area contributed by atoms with Gasteiger partial charge in [-0.15, -0.1) is 0 Å². The number of benzene rings is 3. The van der Waals surface area contributed by atoms with E-state index in [-0.39, 0.29) is 5.82 Å². The summed E-state index contributed by atoms with van der Waals surface area (Å²) in [5.74, 6) is 0.302. The molecule has 3 rings (SSSR count). The summed E-state index contributed by atoms with van der Waals surface area (Å²) in [5.41, 5.74) is 1.15. The van der Waals surface area contributed by atoms with Gasteiger partial charge < -0.3 is 9.84 Å². The first-order chi connectivity index (χ1) is 12.1. The summed E-state index contributed by atoms with van der Waals surface area (Å²) in [5, 5.41) is 11.3. The van der Waals surface area contributed by atoms with Crippen LogP contribution in [0.1, 0.15) is 30.0 Å². The van der Waals surface area contributed by atoms with E-state index in [4.69, 9.17) is 4.74 Å². The topological polar surface area (TPSA) is 29.5 Å². The van der Waals surface area contributed by atoms with Crippen LogP contribution in [0.4, 0.5) is 4.39 Å². The summed E-state index contributed by atoms with van der Waals surface area (Å²) in [4.78, 5) is 0. The number of aliphatic hydroxyl groups is 1. The molecule has 3 aromatic rings. The second-order valence-corrected chi connectivity index (χ2v) is 5.99. The summed E-state index contributed by atoms with van der Waals surface area (Å²) in [6, 6.07) is 23.3. The van der Waals surface area contributed by atoms with E-state index < -0.39 is 5.60 Å². The standard InChI is InChI=1S/C22H21FO2/c1-2-22(24,18-12-14-19(23)15-13-18)20-10-6-7-11-21(20)25-16-17-8-4-3-5-9-17/h3-15,24H,2,16H2,1H3. The van der Waals surface area contributed by atoms with Crippen molar-refractivity contribution in [3.8, 4) is 5.75 Å². The Kier molecular flexibility index (Phi) is 5.15. The fourth-order valence-corrected chi connectivity index (χ4v) is 2.95. The number of para-hydroxylation sites is 1. The molecular formula is C22H21FO2. The fourth-order valence-electron chi connectivity index (χ4n) is 2.95. The van der Waals surface area contributed by atoms with E-state index in [2.05, 4.69) is 0 Å². The van der Waals surface area contributed by atoms with Crippen molar-refractivity contribution in [1.82, 2.24) is 0 Å². The third-order valence-corrected chi connectivity index (χ3v) is 4.40. The Morgan fingerprint density at radius 2 is 1.52 bits per heavy atom. The SMILES string of the molecule is CCC(O)(c1ccc(F)cc1)c1ccccc1OCc1ccccc1. The molecule has 0 aromatic heterocycles. The summed E-state index contributed by atoms with van der Waals surface area (Å²) in [6.07, 6.45) is 0.449. The highest BCUT2D eigenvalue weighted by atomic mass is 19.1. The van der Waals surface area contributed by atoms with Crippen LogP contribution in [0, 0.1) is 5.82 Å². The van der Waals surface area contributed by atoms with Gasteiger partial charge in [0.1, 0.15) is 23.8 Å². The molecule has 0 saturated heterocycles. The zero-order valence-corrected chi connectivity index (χ0v) is 14.2. The normalized spacial score (nSPS) is 13.2. The van der Waals surface area contributed by atoms with Gasteiger partial charge >= 0.3 is 0 Å². The number of ether oxygens (including phenoxy) is 1. The van der Waals surface area contributed by atoms with E-state index in [1.54, 1.807) is 12.1 Å². The zero-order chi connectivity index (χ0) is 17.7. The largest absolute Gasteiger partial charge is 0.488 e. The molecule has 0 saturated carbocycles. The first kappa shape index (κ1) is 17.2. The molecule has 0 amide bonds. The van der Waals surface area contributed by atoms with Gasteiger partial charge in [0.05, 0.1) is 0 Å². The first-order valence-electron chi connectivity index (χ1n) is 8.38. The third-order valence-electron chi connectivity index (χ3n) is 4.40. The van der Waals surface area contributed by atoms with Crippen molar-refractivity contribution in [2.24, 2.45) is 0 Å². The summed E-state index contributed by atoms with van der Waals surface area (Å²) in [7, 11) is 0. The van der Waals surface area contributed by atoms with E-state index >= 15 is 0 Å². The molecule has 0 bridgehead atoms. The van der Waals surface area contributed by atoms with Crippen LogP contribution in [0.2, 0.25) is 0 Å². The predicted octanol–water partition coefficient (Wildman–Crippen LogP) is 5.05. The molecule has 0 fully saturated rings. The fraction of sp³-hybridized carbons (Fsp3) is 0.182. The van der Waals surface area contributed by atoms with Crippen LogP contribution in [0.25, 0.3) is 0 Å². The van der Waals surface area contributed by atoms with Crippen LogP contribution in [-0.2, 0) is 12.2 Å². The van der Waals surface area contributed by atoms with Gasteiger partial charge in [0, 0.05) is 5.56 Å². The second-order valence-electron chi connectivity index (χ2n) is 5.99. The molecule has 0 spiro atoms. The van der Waals surface area contributed by atoms with Gasteiger partial charge in [-0.3, -0.25) is 0 Å². The van der Waals surface area contributed by atoms with Gasteiger partial charge in [0.2, 0.25) is 0 Å². The van der Waals surface area contributed by atoms with E-state index in [1.165, 1.54) is 12.1 Å². The Labute approximate surface area is 147 Å². The van der Waals surface area contributed by atoms with E-state index in [9.17, 15) is 9.50 Å². The van der Waals surface area contributed by atoms with Gasteiger partial charge in [-0.05, 0) is 35.7 Å². The lowest BCUT2D eigenvalue weighted by molar-refractivity contribution is 0.0723. The van der Waals surface area contributed by atoms with Crippen molar-refractivity contribution >= 4 is 0 Å². The highest BCUT2D eigenvalue weighted by Crippen LogP contribution is 2.38. The molecule has 0 radical (unpaired) electrons. The van der Waals surface area contributed by atoms with Crippen molar-refractivity contribution in [1.29, 1.82) is 0 Å². The summed E-state index contributed by atoms with van der Waals surface area (Å²) >= 11 is 0. The van der Waals surface area contributed by atoms with Crippen molar-refractivity contribution in [2.75, 3.05) is 0 Å². The highest BCUT2D eigenvalue weighted by Gasteiger charge is 2.32. The van der Waals surface area contributed by atoms with Gasteiger partial charge in [-0.2, -0.15) is 0 Å². The summed E-state index contributed by atoms with van der Waals surface area (Å²) in [6.45, 7) is 2.32. The molecule has 3 aromatic carbocycles. The quantitative estimate of drug-likeness (QED) is 0.682. The third kappa shape index (κ3) is 3.72. The van der Waals surface area contributed by atoms with Crippen LogP contribution < -0.4 is 4.74 Å². The Bertz CT molecular complexity index is 815. The average Bonchev–Trinajstić information content (AvgIpc) is 2.67. The maximum Gasteiger partial charge on any atom is 0.126 e. The van der Waals surface area contributed by atoms with Crippen LogP contribution in [0.5, 0.6) is 5.75 Å². The number of hydrogen-bond donors (Lipinski definition) is 1. The van der Waals surface area contributed by atoms with Crippen LogP contribution in [-0.4, -0.2) is 5.11 Å². The van der Waals surface area contributed by atoms with Crippen LogP contribution in [0.15, 0.2) is 78.9 Å². The molecular weight excluding hydrogens is 315 g/mol. The molecule has 3 heteroatoms.